The summed E-state index contributed by atoms with van der Waals surface area (Å²) in [6, 6.07) is 5.65. The van der Waals surface area contributed by atoms with Crippen LogP contribution in [0.25, 0.3) is 0 Å². The molecule has 0 fully saturated rings. The number of benzene rings is 1. The number of aliphatic carboxylic acids is 1. The van der Waals surface area contributed by atoms with Crippen molar-refractivity contribution >= 4 is 11.7 Å². The number of carboxylic acids is 1. The van der Waals surface area contributed by atoms with Gasteiger partial charge in [0, 0.05) is 25.8 Å². The summed E-state index contributed by atoms with van der Waals surface area (Å²) in [5, 5.41) is 8.98. The highest BCUT2D eigenvalue weighted by atomic mass is 16.5. The number of ether oxygens (including phenoxy) is 1. The largest absolute Gasteiger partial charge is 0.491 e. The van der Waals surface area contributed by atoms with E-state index in [1.807, 2.05) is 37.2 Å². The van der Waals surface area contributed by atoms with E-state index in [9.17, 15) is 4.79 Å². The van der Waals surface area contributed by atoms with E-state index in [0.29, 0.717) is 0 Å². The minimum Gasteiger partial charge on any atom is -0.491 e. The molecule has 0 amide bonds. The fraction of sp³-hybridized carbons (Fsp3) is 0.611. The summed E-state index contributed by atoms with van der Waals surface area (Å²) in [4.78, 5) is 12.9. The highest BCUT2D eigenvalue weighted by molar-refractivity contribution is 5.74. The van der Waals surface area contributed by atoms with Crippen LogP contribution in [0.1, 0.15) is 51.5 Å². The molecule has 0 saturated heterocycles. The second-order valence-corrected chi connectivity index (χ2v) is 6.03. The van der Waals surface area contributed by atoms with Crippen molar-refractivity contribution in [3.8, 4) is 5.75 Å². The van der Waals surface area contributed by atoms with Gasteiger partial charge in [-0.1, -0.05) is 32.3 Å². The molecule has 0 bridgehead atoms. The number of anilines is 1. The molecule has 4 heteroatoms. The van der Waals surface area contributed by atoms with Crippen molar-refractivity contribution in [2.24, 2.45) is 0 Å². The first kappa shape index (κ1) is 18.3. The number of hydrogen-bond acceptors (Lipinski definition) is 3. The lowest BCUT2D eigenvalue weighted by molar-refractivity contribution is -0.136. The van der Waals surface area contributed by atoms with E-state index in [-0.39, 0.29) is 12.5 Å². The van der Waals surface area contributed by atoms with Gasteiger partial charge in [-0.05, 0) is 31.4 Å². The molecule has 0 aromatic heterocycles. The lowest BCUT2D eigenvalue weighted by Gasteiger charge is -2.20. The zero-order valence-corrected chi connectivity index (χ0v) is 14.3. The number of hydrogen-bond donors (Lipinski definition) is 1. The topological polar surface area (TPSA) is 49.8 Å². The van der Waals surface area contributed by atoms with Crippen molar-refractivity contribution in [3.05, 3.63) is 23.8 Å². The van der Waals surface area contributed by atoms with Gasteiger partial charge >= 0.3 is 5.97 Å². The first-order valence-electron chi connectivity index (χ1n) is 8.12. The summed E-state index contributed by atoms with van der Waals surface area (Å²) in [6.07, 6.45) is 6.22. The predicted octanol–water partition coefficient (Wildman–Crippen LogP) is 4.12. The van der Waals surface area contributed by atoms with Crippen molar-refractivity contribution < 1.29 is 14.6 Å². The van der Waals surface area contributed by atoms with Gasteiger partial charge in [-0.2, -0.15) is 0 Å². The second kappa shape index (κ2) is 9.34. The Morgan fingerprint density at radius 3 is 2.59 bits per heavy atom. The standard InChI is InChI=1S/C18H29NO3/c1-5-6-7-8-9-14(2)22-16-11-10-15(12-18(20)21)17(13-16)19(3)4/h10-11,13-14H,5-9,12H2,1-4H3,(H,20,21). The van der Waals surface area contributed by atoms with E-state index in [1.54, 1.807) is 0 Å². The quantitative estimate of drug-likeness (QED) is 0.661. The normalized spacial score (nSPS) is 12.0. The Morgan fingerprint density at radius 1 is 1.27 bits per heavy atom. The van der Waals surface area contributed by atoms with Gasteiger partial charge < -0.3 is 14.7 Å². The molecule has 0 radical (unpaired) electrons. The van der Waals surface area contributed by atoms with E-state index in [4.69, 9.17) is 9.84 Å². The maximum absolute atomic E-state index is 10.9. The molecular formula is C18H29NO3. The minimum absolute atomic E-state index is 0.0281. The van der Waals surface area contributed by atoms with E-state index in [1.165, 1.54) is 25.7 Å². The minimum atomic E-state index is -0.818. The highest BCUT2D eigenvalue weighted by Crippen LogP contribution is 2.26. The van der Waals surface area contributed by atoms with Gasteiger partial charge in [0.15, 0.2) is 0 Å². The van der Waals surface area contributed by atoms with Gasteiger partial charge in [-0.25, -0.2) is 0 Å². The first-order chi connectivity index (χ1) is 10.4. The van der Waals surface area contributed by atoms with Gasteiger partial charge in [0.05, 0.1) is 12.5 Å². The number of carboxylic acid groups (broad SMARTS) is 1. The van der Waals surface area contributed by atoms with E-state index in [0.717, 1.165) is 23.4 Å². The van der Waals surface area contributed by atoms with Crippen LogP contribution in [0.15, 0.2) is 18.2 Å². The summed E-state index contributed by atoms with van der Waals surface area (Å²) in [6.45, 7) is 4.30. The molecule has 1 N–H and O–H groups in total. The number of rotatable bonds is 10. The third kappa shape index (κ3) is 6.37. The van der Waals surface area contributed by atoms with Crippen LogP contribution in [0.3, 0.4) is 0 Å². The van der Waals surface area contributed by atoms with Gasteiger partial charge in [0.25, 0.3) is 0 Å². The summed E-state index contributed by atoms with van der Waals surface area (Å²) in [7, 11) is 3.83. The Hall–Kier alpha value is -1.71. The van der Waals surface area contributed by atoms with Crippen molar-refractivity contribution in [3.63, 3.8) is 0 Å². The molecule has 0 aliphatic carbocycles. The molecule has 1 rings (SSSR count). The third-order valence-corrected chi connectivity index (χ3v) is 3.68. The fourth-order valence-electron chi connectivity index (χ4n) is 2.50. The second-order valence-electron chi connectivity index (χ2n) is 6.03. The Bertz CT molecular complexity index is 471. The molecule has 0 saturated carbocycles. The maximum atomic E-state index is 10.9. The van der Waals surface area contributed by atoms with Crippen LogP contribution in [-0.4, -0.2) is 31.3 Å². The third-order valence-electron chi connectivity index (χ3n) is 3.68. The Labute approximate surface area is 134 Å². The monoisotopic (exact) mass is 307 g/mol. The van der Waals surface area contributed by atoms with Crippen molar-refractivity contribution in [1.29, 1.82) is 0 Å². The molecule has 0 aliphatic heterocycles. The Balaban J connectivity index is 2.67. The smallest absolute Gasteiger partial charge is 0.307 e. The van der Waals surface area contributed by atoms with Crippen molar-refractivity contribution in [2.75, 3.05) is 19.0 Å². The molecular weight excluding hydrogens is 278 g/mol. The summed E-state index contributed by atoms with van der Waals surface area (Å²) in [5.74, 6) is -0.0121. The van der Waals surface area contributed by atoms with Crippen LogP contribution in [0.4, 0.5) is 5.69 Å². The van der Waals surface area contributed by atoms with Gasteiger partial charge in [0.2, 0.25) is 0 Å². The van der Waals surface area contributed by atoms with Crippen LogP contribution >= 0.6 is 0 Å². The Morgan fingerprint density at radius 2 is 2.00 bits per heavy atom. The number of carbonyl (C=O) groups is 1. The number of unbranched alkanes of at least 4 members (excludes halogenated alkanes) is 3. The zero-order chi connectivity index (χ0) is 16.5. The van der Waals surface area contributed by atoms with E-state index < -0.39 is 5.97 Å². The fourth-order valence-corrected chi connectivity index (χ4v) is 2.50. The molecule has 0 spiro atoms. The molecule has 1 atom stereocenters. The molecule has 124 valence electrons. The molecule has 4 nitrogen and oxygen atoms in total. The van der Waals surface area contributed by atoms with Crippen LogP contribution in [-0.2, 0) is 11.2 Å². The SMILES string of the molecule is CCCCCCC(C)Oc1ccc(CC(=O)O)c(N(C)C)c1. The van der Waals surface area contributed by atoms with E-state index >= 15 is 0 Å². The average Bonchev–Trinajstić information content (AvgIpc) is 2.44. The van der Waals surface area contributed by atoms with Crippen LogP contribution in [0.2, 0.25) is 0 Å². The molecule has 1 aromatic carbocycles. The highest BCUT2D eigenvalue weighted by Gasteiger charge is 2.11. The molecule has 1 unspecified atom stereocenters. The van der Waals surface area contributed by atoms with E-state index in [2.05, 4.69) is 13.8 Å². The van der Waals surface area contributed by atoms with Gasteiger partial charge in [0.1, 0.15) is 5.75 Å². The summed E-state index contributed by atoms with van der Waals surface area (Å²) < 4.78 is 5.97. The lowest BCUT2D eigenvalue weighted by Crippen LogP contribution is -2.15. The molecule has 0 aliphatic rings. The molecule has 1 aromatic rings. The Kier molecular flexibility index (Phi) is 7.78. The number of nitrogens with zero attached hydrogens (tertiary/aromatic N) is 1. The predicted molar refractivity (Wildman–Crippen MR) is 91.0 cm³/mol. The lowest BCUT2D eigenvalue weighted by atomic mass is 10.1. The van der Waals surface area contributed by atoms with Crippen molar-refractivity contribution in [2.45, 2.75) is 58.5 Å². The summed E-state index contributed by atoms with van der Waals surface area (Å²) >= 11 is 0. The summed E-state index contributed by atoms with van der Waals surface area (Å²) in [5.41, 5.74) is 1.71. The zero-order valence-electron chi connectivity index (χ0n) is 14.3. The van der Waals surface area contributed by atoms with Crippen molar-refractivity contribution in [1.82, 2.24) is 0 Å². The van der Waals surface area contributed by atoms with Crippen LogP contribution in [0, 0.1) is 0 Å². The average molecular weight is 307 g/mol. The van der Waals surface area contributed by atoms with Crippen LogP contribution in [0.5, 0.6) is 5.75 Å². The van der Waals surface area contributed by atoms with Gasteiger partial charge in [-0.15, -0.1) is 0 Å². The molecule has 0 heterocycles. The maximum Gasteiger partial charge on any atom is 0.307 e. The first-order valence-corrected chi connectivity index (χ1v) is 8.12. The molecule has 22 heavy (non-hydrogen) atoms. The van der Waals surface area contributed by atoms with Crippen LogP contribution < -0.4 is 9.64 Å². The van der Waals surface area contributed by atoms with Gasteiger partial charge in [-0.3, -0.25) is 4.79 Å².